The maximum Gasteiger partial charge on any atom is 0.0897 e. The fourth-order valence-corrected chi connectivity index (χ4v) is 2.94. The van der Waals surface area contributed by atoms with Gasteiger partial charge in [-0.15, -0.1) is 11.3 Å². The molecule has 0 amide bonds. The summed E-state index contributed by atoms with van der Waals surface area (Å²) in [6.07, 6.45) is 4.92. The third-order valence-electron chi connectivity index (χ3n) is 3.24. The molecule has 16 heavy (non-hydrogen) atoms. The van der Waals surface area contributed by atoms with Gasteiger partial charge in [0.2, 0.25) is 0 Å². The second-order valence-electron chi connectivity index (χ2n) is 4.51. The standard InChI is InChI=1S/C12H20N2OS/c1-10-13-11(9-16-10)7-14-6-4-2-3-5-12(14)8-15/h9,12,15H,2-8H2,1H3. The van der Waals surface area contributed by atoms with E-state index in [0.29, 0.717) is 6.04 Å². The lowest BCUT2D eigenvalue weighted by molar-refractivity contribution is 0.117. The lowest BCUT2D eigenvalue weighted by Crippen LogP contribution is -2.37. The van der Waals surface area contributed by atoms with E-state index in [1.54, 1.807) is 11.3 Å². The van der Waals surface area contributed by atoms with Crippen LogP contribution in [-0.4, -0.2) is 34.2 Å². The van der Waals surface area contributed by atoms with Gasteiger partial charge in [-0.25, -0.2) is 4.98 Å². The molecule has 2 heterocycles. The van der Waals surface area contributed by atoms with Gasteiger partial charge in [-0.1, -0.05) is 12.8 Å². The van der Waals surface area contributed by atoms with Crippen LogP contribution in [0.4, 0.5) is 0 Å². The van der Waals surface area contributed by atoms with E-state index in [0.717, 1.165) is 30.2 Å². The van der Waals surface area contributed by atoms with Crippen molar-refractivity contribution in [1.82, 2.24) is 9.88 Å². The minimum atomic E-state index is 0.281. The molecule has 1 aliphatic heterocycles. The second-order valence-corrected chi connectivity index (χ2v) is 5.58. The van der Waals surface area contributed by atoms with Crippen LogP contribution in [0.25, 0.3) is 0 Å². The molecule has 1 atom stereocenters. The third-order valence-corrected chi connectivity index (χ3v) is 4.06. The van der Waals surface area contributed by atoms with Gasteiger partial charge in [0.25, 0.3) is 0 Å². The Morgan fingerprint density at radius 1 is 1.50 bits per heavy atom. The van der Waals surface area contributed by atoms with Crippen molar-refractivity contribution >= 4 is 11.3 Å². The summed E-state index contributed by atoms with van der Waals surface area (Å²) in [4.78, 5) is 6.89. The van der Waals surface area contributed by atoms with Gasteiger partial charge < -0.3 is 5.11 Å². The highest BCUT2D eigenvalue weighted by Gasteiger charge is 2.20. The molecule has 1 fully saturated rings. The van der Waals surface area contributed by atoms with Gasteiger partial charge in [0.1, 0.15) is 0 Å². The zero-order chi connectivity index (χ0) is 11.4. The van der Waals surface area contributed by atoms with E-state index in [-0.39, 0.29) is 6.61 Å². The number of aliphatic hydroxyl groups excluding tert-OH is 1. The van der Waals surface area contributed by atoms with E-state index in [4.69, 9.17) is 0 Å². The molecule has 90 valence electrons. The highest BCUT2D eigenvalue weighted by molar-refractivity contribution is 7.09. The minimum Gasteiger partial charge on any atom is -0.395 e. The Hall–Kier alpha value is -0.450. The predicted molar refractivity (Wildman–Crippen MR) is 66.6 cm³/mol. The zero-order valence-corrected chi connectivity index (χ0v) is 10.7. The third kappa shape index (κ3) is 3.03. The van der Waals surface area contributed by atoms with Crippen molar-refractivity contribution < 1.29 is 5.11 Å². The summed E-state index contributed by atoms with van der Waals surface area (Å²) in [5, 5.41) is 12.7. The lowest BCUT2D eigenvalue weighted by atomic mass is 10.1. The van der Waals surface area contributed by atoms with E-state index in [2.05, 4.69) is 15.3 Å². The number of hydrogen-bond acceptors (Lipinski definition) is 4. The molecule has 2 rings (SSSR count). The van der Waals surface area contributed by atoms with E-state index in [9.17, 15) is 5.11 Å². The molecule has 0 bridgehead atoms. The monoisotopic (exact) mass is 240 g/mol. The molecule has 1 saturated heterocycles. The number of rotatable bonds is 3. The Morgan fingerprint density at radius 3 is 3.06 bits per heavy atom. The first-order valence-electron chi connectivity index (χ1n) is 6.05. The van der Waals surface area contributed by atoms with Gasteiger partial charge in [0.05, 0.1) is 17.3 Å². The van der Waals surface area contributed by atoms with Crippen molar-refractivity contribution in [3.05, 3.63) is 16.1 Å². The molecule has 0 aromatic carbocycles. The highest BCUT2D eigenvalue weighted by Crippen LogP contribution is 2.19. The molecule has 3 nitrogen and oxygen atoms in total. The number of thiazole rings is 1. The van der Waals surface area contributed by atoms with Crippen LogP contribution < -0.4 is 0 Å². The summed E-state index contributed by atoms with van der Waals surface area (Å²) < 4.78 is 0. The minimum absolute atomic E-state index is 0.281. The predicted octanol–water partition coefficient (Wildman–Crippen LogP) is 2.19. The van der Waals surface area contributed by atoms with Crippen LogP contribution in [0.15, 0.2) is 5.38 Å². The van der Waals surface area contributed by atoms with Gasteiger partial charge in [-0.05, 0) is 26.3 Å². The smallest absolute Gasteiger partial charge is 0.0897 e. The normalized spacial score (nSPS) is 23.2. The van der Waals surface area contributed by atoms with Gasteiger partial charge in [-0.2, -0.15) is 0 Å². The lowest BCUT2D eigenvalue weighted by Gasteiger charge is -2.27. The first kappa shape index (κ1) is 12.0. The first-order chi connectivity index (χ1) is 7.79. The molecule has 1 unspecified atom stereocenters. The van der Waals surface area contributed by atoms with E-state index in [1.165, 1.54) is 19.3 Å². The summed E-state index contributed by atoms with van der Waals surface area (Å²) in [5.41, 5.74) is 1.16. The van der Waals surface area contributed by atoms with Crippen molar-refractivity contribution in [2.45, 2.75) is 45.2 Å². The van der Waals surface area contributed by atoms with E-state index in [1.807, 2.05) is 6.92 Å². The van der Waals surface area contributed by atoms with E-state index >= 15 is 0 Å². The summed E-state index contributed by atoms with van der Waals surface area (Å²) in [6.45, 7) is 4.32. The van der Waals surface area contributed by atoms with Gasteiger partial charge in [0, 0.05) is 18.0 Å². The van der Waals surface area contributed by atoms with Crippen molar-refractivity contribution in [3.63, 3.8) is 0 Å². The Morgan fingerprint density at radius 2 is 2.38 bits per heavy atom. The Bertz CT molecular complexity index is 327. The largest absolute Gasteiger partial charge is 0.395 e. The number of aromatic nitrogens is 1. The molecular formula is C12H20N2OS. The second kappa shape index (κ2) is 5.75. The van der Waals surface area contributed by atoms with Crippen molar-refractivity contribution in [1.29, 1.82) is 0 Å². The van der Waals surface area contributed by atoms with Crippen LogP contribution >= 0.6 is 11.3 Å². The maximum absolute atomic E-state index is 9.41. The van der Waals surface area contributed by atoms with Gasteiger partial charge in [0.15, 0.2) is 0 Å². The molecule has 1 aliphatic rings. The molecule has 1 aromatic rings. The quantitative estimate of drug-likeness (QED) is 0.880. The fourth-order valence-electron chi connectivity index (χ4n) is 2.34. The van der Waals surface area contributed by atoms with Crippen LogP contribution in [0.1, 0.15) is 36.4 Å². The van der Waals surface area contributed by atoms with Crippen LogP contribution in [0.3, 0.4) is 0 Å². The molecule has 0 aliphatic carbocycles. The van der Waals surface area contributed by atoms with Crippen molar-refractivity contribution in [3.8, 4) is 0 Å². The van der Waals surface area contributed by atoms with Crippen LogP contribution in [-0.2, 0) is 6.54 Å². The number of nitrogens with zero attached hydrogens (tertiary/aromatic N) is 2. The van der Waals surface area contributed by atoms with Crippen molar-refractivity contribution in [2.75, 3.05) is 13.2 Å². The maximum atomic E-state index is 9.41. The summed E-state index contributed by atoms with van der Waals surface area (Å²) >= 11 is 1.71. The number of aryl methyl sites for hydroxylation is 1. The first-order valence-corrected chi connectivity index (χ1v) is 6.93. The number of likely N-dealkylation sites (tertiary alicyclic amines) is 1. The Kier molecular flexibility index (Phi) is 4.32. The molecule has 0 saturated carbocycles. The summed E-state index contributed by atoms with van der Waals surface area (Å²) in [7, 11) is 0. The van der Waals surface area contributed by atoms with Crippen molar-refractivity contribution in [2.24, 2.45) is 0 Å². The topological polar surface area (TPSA) is 36.4 Å². The molecule has 1 aromatic heterocycles. The molecular weight excluding hydrogens is 220 g/mol. The van der Waals surface area contributed by atoms with Gasteiger partial charge in [-0.3, -0.25) is 4.90 Å². The molecule has 4 heteroatoms. The highest BCUT2D eigenvalue weighted by atomic mass is 32.1. The number of hydrogen-bond donors (Lipinski definition) is 1. The van der Waals surface area contributed by atoms with E-state index < -0.39 is 0 Å². The Balaban J connectivity index is 1.99. The van der Waals surface area contributed by atoms with Crippen LogP contribution in [0.2, 0.25) is 0 Å². The summed E-state index contributed by atoms with van der Waals surface area (Å²) in [6, 6.07) is 0.338. The summed E-state index contributed by atoms with van der Waals surface area (Å²) in [5.74, 6) is 0. The molecule has 1 N–H and O–H groups in total. The number of aliphatic hydroxyl groups is 1. The zero-order valence-electron chi connectivity index (χ0n) is 9.85. The average molecular weight is 240 g/mol. The molecule has 0 radical (unpaired) electrons. The van der Waals surface area contributed by atoms with Crippen LogP contribution in [0, 0.1) is 6.92 Å². The molecule has 0 spiro atoms. The van der Waals surface area contributed by atoms with Crippen LogP contribution in [0.5, 0.6) is 0 Å². The fraction of sp³-hybridized carbons (Fsp3) is 0.750. The average Bonchev–Trinajstić information content (AvgIpc) is 2.56. The van der Waals surface area contributed by atoms with Gasteiger partial charge >= 0.3 is 0 Å². The Labute approximate surface area is 101 Å². The SMILES string of the molecule is Cc1nc(CN2CCCCCC2CO)cs1.